The van der Waals surface area contributed by atoms with E-state index in [1.165, 1.54) is 0 Å². The van der Waals surface area contributed by atoms with Crippen molar-refractivity contribution < 1.29 is 9.53 Å². The van der Waals surface area contributed by atoms with Gasteiger partial charge in [0.1, 0.15) is 5.75 Å². The summed E-state index contributed by atoms with van der Waals surface area (Å²) in [4.78, 5) is 12.1. The summed E-state index contributed by atoms with van der Waals surface area (Å²) in [6, 6.07) is 7.55. The van der Waals surface area contributed by atoms with Gasteiger partial charge in [0.25, 0.3) is 5.91 Å². The van der Waals surface area contributed by atoms with Crippen LogP contribution in [0, 0.1) is 0 Å². The summed E-state index contributed by atoms with van der Waals surface area (Å²) < 4.78 is 5.39. The van der Waals surface area contributed by atoms with E-state index in [-0.39, 0.29) is 11.9 Å². The lowest BCUT2D eigenvalue weighted by Crippen LogP contribution is -2.45. The summed E-state index contributed by atoms with van der Waals surface area (Å²) in [6.07, 6.45) is 2.16. The van der Waals surface area contributed by atoms with Crippen LogP contribution in [0.3, 0.4) is 0 Å². The van der Waals surface area contributed by atoms with Crippen LogP contribution in [0.15, 0.2) is 24.3 Å². The Hall–Kier alpha value is -1.55. The molecule has 98 valence electrons. The molecule has 1 aromatic carbocycles. The van der Waals surface area contributed by atoms with Crippen molar-refractivity contribution in [1.29, 1.82) is 0 Å². The highest BCUT2D eigenvalue weighted by atomic mass is 16.5. The highest BCUT2D eigenvalue weighted by molar-refractivity contribution is 5.94. The van der Waals surface area contributed by atoms with Crippen molar-refractivity contribution in [1.82, 2.24) is 10.6 Å². The van der Waals surface area contributed by atoms with Gasteiger partial charge in [0.15, 0.2) is 0 Å². The average molecular weight is 248 g/mol. The summed E-state index contributed by atoms with van der Waals surface area (Å²) in [7, 11) is 0. The topological polar surface area (TPSA) is 50.4 Å². The van der Waals surface area contributed by atoms with Gasteiger partial charge in [-0.25, -0.2) is 0 Å². The fourth-order valence-corrected chi connectivity index (χ4v) is 2.14. The lowest BCUT2D eigenvalue weighted by atomic mass is 10.1. The van der Waals surface area contributed by atoms with Crippen LogP contribution in [0.5, 0.6) is 5.75 Å². The molecule has 4 nitrogen and oxygen atoms in total. The fraction of sp³-hybridized carbons (Fsp3) is 0.500. The summed E-state index contributed by atoms with van der Waals surface area (Å²) in [5.41, 5.74) is 0.659. The Morgan fingerprint density at radius 3 is 3.17 bits per heavy atom. The van der Waals surface area contributed by atoms with E-state index in [0.717, 1.165) is 31.7 Å². The van der Waals surface area contributed by atoms with Crippen LogP contribution in [0.2, 0.25) is 0 Å². The average Bonchev–Trinajstić information content (AvgIpc) is 2.40. The summed E-state index contributed by atoms with van der Waals surface area (Å²) >= 11 is 0. The lowest BCUT2D eigenvalue weighted by molar-refractivity contribution is 0.0930. The Morgan fingerprint density at radius 1 is 1.56 bits per heavy atom. The van der Waals surface area contributed by atoms with Gasteiger partial charge < -0.3 is 15.4 Å². The molecule has 2 N–H and O–H groups in total. The van der Waals surface area contributed by atoms with Crippen LogP contribution in [0.1, 0.15) is 30.1 Å². The van der Waals surface area contributed by atoms with Crippen molar-refractivity contribution in [3.8, 4) is 5.75 Å². The largest absolute Gasteiger partial charge is 0.494 e. The maximum Gasteiger partial charge on any atom is 0.251 e. The van der Waals surface area contributed by atoms with E-state index in [9.17, 15) is 4.79 Å². The molecule has 1 atom stereocenters. The van der Waals surface area contributed by atoms with Crippen molar-refractivity contribution in [2.45, 2.75) is 25.8 Å². The van der Waals surface area contributed by atoms with Gasteiger partial charge in [0, 0.05) is 18.2 Å². The standard InChI is InChI=1S/C14H20N2O2/c1-2-18-13-7-3-5-11(9-13)14(17)16-12-6-4-8-15-10-12/h3,5,7,9,12,15H,2,4,6,8,10H2,1H3,(H,16,17)/t12-/m0/s1. The van der Waals surface area contributed by atoms with Gasteiger partial charge in [0.2, 0.25) is 0 Å². The maximum atomic E-state index is 12.1. The molecule has 0 aromatic heterocycles. The number of carbonyl (C=O) groups is 1. The minimum Gasteiger partial charge on any atom is -0.494 e. The quantitative estimate of drug-likeness (QED) is 0.850. The highest BCUT2D eigenvalue weighted by Gasteiger charge is 2.16. The smallest absolute Gasteiger partial charge is 0.251 e. The number of hydrogen-bond donors (Lipinski definition) is 2. The second-order valence-corrected chi connectivity index (χ2v) is 4.48. The Bertz CT molecular complexity index is 401. The third-order valence-electron chi connectivity index (χ3n) is 3.04. The normalized spacial score (nSPS) is 19.3. The van der Waals surface area contributed by atoms with E-state index < -0.39 is 0 Å². The minimum absolute atomic E-state index is 0.0229. The zero-order chi connectivity index (χ0) is 12.8. The van der Waals surface area contributed by atoms with Gasteiger partial charge in [-0.05, 0) is 44.5 Å². The van der Waals surface area contributed by atoms with E-state index in [1.807, 2.05) is 25.1 Å². The van der Waals surface area contributed by atoms with Crippen LogP contribution < -0.4 is 15.4 Å². The number of hydrogen-bond acceptors (Lipinski definition) is 3. The summed E-state index contributed by atoms with van der Waals surface area (Å²) in [6.45, 7) is 4.45. The first-order chi connectivity index (χ1) is 8.79. The van der Waals surface area contributed by atoms with Gasteiger partial charge in [-0.3, -0.25) is 4.79 Å². The van der Waals surface area contributed by atoms with Crippen LogP contribution in [0.4, 0.5) is 0 Å². The molecule has 0 saturated carbocycles. The first-order valence-corrected chi connectivity index (χ1v) is 6.54. The number of ether oxygens (including phenoxy) is 1. The van der Waals surface area contributed by atoms with Gasteiger partial charge >= 0.3 is 0 Å². The van der Waals surface area contributed by atoms with Gasteiger partial charge in [-0.2, -0.15) is 0 Å². The van der Waals surface area contributed by atoms with Crippen LogP contribution >= 0.6 is 0 Å². The monoisotopic (exact) mass is 248 g/mol. The molecule has 2 rings (SSSR count). The van der Waals surface area contributed by atoms with E-state index in [0.29, 0.717) is 12.2 Å². The second kappa shape index (κ2) is 6.40. The molecule has 0 unspecified atom stereocenters. The third kappa shape index (κ3) is 3.47. The first-order valence-electron chi connectivity index (χ1n) is 6.54. The van der Waals surface area contributed by atoms with Gasteiger partial charge in [-0.15, -0.1) is 0 Å². The van der Waals surface area contributed by atoms with Crippen LogP contribution in [-0.2, 0) is 0 Å². The molecule has 1 saturated heterocycles. The van der Waals surface area contributed by atoms with Crippen molar-refractivity contribution in [2.75, 3.05) is 19.7 Å². The van der Waals surface area contributed by atoms with E-state index >= 15 is 0 Å². The third-order valence-corrected chi connectivity index (χ3v) is 3.04. The molecule has 1 heterocycles. The molecular weight excluding hydrogens is 228 g/mol. The molecule has 1 amide bonds. The number of nitrogens with one attached hydrogen (secondary N) is 2. The van der Waals surface area contributed by atoms with Crippen molar-refractivity contribution in [3.63, 3.8) is 0 Å². The van der Waals surface area contributed by atoms with Crippen molar-refractivity contribution in [2.24, 2.45) is 0 Å². The predicted molar refractivity (Wildman–Crippen MR) is 71.0 cm³/mol. The number of rotatable bonds is 4. The molecule has 18 heavy (non-hydrogen) atoms. The van der Waals surface area contributed by atoms with Crippen molar-refractivity contribution in [3.05, 3.63) is 29.8 Å². The highest BCUT2D eigenvalue weighted by Crippen LogP contribution is 2.13. The second-order valence-electron chi connectivity index (χ2n) is 4.48. The Balaban J connectivity index is 1.96. The van der Waals surface area contributed by atoms with E-state index in [2.05, 4.69) is 10.6 Å². The van der Waals surface area contributed by atoms with Crippen molar-refractivity contribution >= 4 is 5.91 Å². The van der Waals surface area contributed by atoms with Gasteiger partial charge in [-0.1, -0.05) is 6.07 Å². The molecule has 1 aliphatic rings. The molecule has 1 aromatic rings. The SMILES string of the molecule is CCOc1cccc(C(=O)N[C@H]2CCCNC2)c1. The van der Waals surface area contributed by atoms with E-state index in [1.54, 1.807) is 6.07 Å². The molecule has 0 bridgehead atoms. The Labute approximate surface area is 108 Å². The molecule has 4 heteroatoms. The molecule has 0 aliphatic carbocycles. The van der Waals surface area contributed by atoms with Gasteiger partial charge in [0.05, 0.1) is 6.61 Å². The molecule has 0 spiro atoms. The van der Waals surface area contributed by atoms with Crippen LogP contribution in [-0.4, -0.2) is 31.6 Å². The van der Waals surface area contributed by atoms with Crippen LogP contribution in [0.25, 0.3) is 0 Å². The molecule has 0 radical (unpaired) electrons. The first kappa shape index (κ1) is 12.9. The molecule has 1 fully saturated rings. The number of benzene rings is 1. The zero-order valence-electron chi connectivity index (χ0n) is 10.7. The van der Waals surface area contributed by atoms with E-state index in [4.69, 9.17) is 4.74 Å². The Morgan fingerprint density at radius 2 is 2.44 bits per heavy atom. The summed E-state index contributed by atoms with van der Waals surface area (Å²) in [5, 5.41) is 6.33. The summed E-state index contributed by atoms with van der Waals surface area (Å²) in [5.74, 6) is 0.720. The number of amides is 1. The maximum absolute atomic E-state index is 12.1. The fourth-order valence-electron chi connectivity index (χ4n) is 2.14. The number of carbonyl (C=O) groups excluding carboxylic acids is 1. The molecule has 1 aliphatic heterocycles. The lowest BCUT2D eigenvalue weighted by Gasteiger charge is -2.23. The number of piperidine rings is 1. The minimum atomic E-state index is -0.0229. The zero-order valence-corrected chi connectivity index (χ0v) is 10.7. The molecular formula is C14H20N2O2. The Kier molecular flexibility index (Phi) is 4.59. The predicted octanol–water partition coefficient (Wildman–Crippen LogP) is 1.57.